The molecule has 0 unspecified atom stereocenters. The van der Waals surface area contributed by atoms with Crippen LogP contribution in [-0.2, 0) is 9.22 Å². The molecule has 0 aliphatic carbocycles. The summed E-state index contributed by atoms with van der Waals surface area (Å²) in [6.45, 7) is 14.7. The summed E-state index contributed by atoms with van der Waals surface area (Å²) in [5.74, 6) is 0.811. The van der Waals surface area contributed by atoms with Crippen molar-refractivity contribution in [2.45, 2.75) is 38.9 Å². The summed E-state index contributed by atoms with van der Waals surface area (Å²) in [5.41, 5.74) is 0. The van der Waals surface area contributed by atoms with Gasteiger partial charge in [0.15, 0.2) is 8.32 Å². The van der Waals surface area contributed by atoms with Gasteiger partial charge in [-0.25, -0.2) is 4.98 Å². The molecule has 0 N–H and O–H groups in total. The van der Waals surface area contributed by atoms with E-state index < -0.39 is 8.32 Å². The lowest BCUT2D eigenvalue weighted by atomic mass is 10.2. The van der Waals surface area contributed by atoms with Crippen LogP contribution >= 0.6 is 15.9 Å². The van der Waals surface area contributed by atoms with Crippen LogP contribution in [0.2, 0.25) is 18.1 Å². The molecule has 1 aromatic rings. The number of rotatable bonds is 5. The zero-order valence-electron chi connectivity index (χ0n) is 15.3. The highest BCUT2D eigenvalue weighted by molar-refractivity contribution is 9.10. The van der Waals surface area contributed by atoms with Gasteiger partial charge in [0.05, 0.1) is 6.54 Å². The minimum Gasteiger partial charge on any atom is -0.416 e. The summed E-state index contributed by atoms with van der Waals surface area (Å²) in [6.07, 6.45) is 0. The molecule has 134 valence electrons. The second-order valence-electron chi connectivity index (χ2n) is 7.75. The number of carbonyl (C=O) groups is 1. The third-order valence-electron chi connectivity index (χ3n) is 4.95. The van der Waals surface area contributed by atoms with Crippen molar-refractivity contribution >= 4 is 36.0 Å². The molecule has 0 spiro atoms. The fourth-order valence-electron chi connectivity index (χ4n) is 2.35. The predicted octanol–water partition coefficient (Wildman–Crippen LogP) is 3.51. The van der Waals surface area contributed by atoms with Crippen LogP contribution in [0.4, 0.5) is 5.82 Å². The lowest BCUT2D eigenvalue weighted by Crippen LogP contribution is -2.52. The summed E-state index contributed by atoms with van der Waals surface area (Å²) in [4.78, 5) is 20.7. The van der Waals surface area contributed by atoms with Gasteiger partial charge < -0.3 is 4.43 Å². The Morgan fingerprint density at radius 2 is 2.00 bits per heavy atom. The maximum absolute atomic E-state index is 12.4. The number of pyridine rings is 1. The number of piperazine rings is 1. The summed E-state index contributed by atoms with van der Waals surface area (Å²) in [6, 6.07) is 5.64. The molecular formula is C17H28BrN3O2Si. The third-order valence-corrected chi connectivity index (χ3v) is 9.93. The van der Waals surface area contributed by atoms with Gasteiger partial charge >= 0.3 is 0 Å². The maximum Gasteiger partial charge on any atom is 0.242 e. The first-order valence-electron chi connectivity index (χ1n) is 8.39. The van der Waals surface area contributed by atoms with E-state index in [9.17, 15) is 4.79 Å². The van der Waals surface area contributed by atoms with E-state index in [2.05, 4.69) is 59.7 Å². The fraction of sp³-hybridized carbons (Fsp3) is 0.647. The number of nitrogens with zero attached hydrogens (tertiary/aromatic N) is 3. The lowest BCUT2D eigenvalue weighted by molar-refractivity contribution is -0.121. The molecule has 0 saturated carbocycles. The Hall–Kier alpha value is -0.763. The normalized spacial score (nSPS) is 17.4. The van der Waals surface area contributed by atoms with Crippen LogP contribution in [0.3, 0.4) is 0 Å². The van der Waals surface area contributed by atoms with Crippen LogP contribution in [-0.4, -0.2) is 56.9 Å². The van der Waals surface area contributed by atoms with Crippen LogP contribution in [0.5, 0.6) is 0 Å². The highest BCUT2D eigenvalue weighted by Crippen LogP contribution is 2.36. The van der Waals surface area contributed by atoms with Gasteiger partial charge in [-0.15, -0.1) is 0 Å². The first-order valence-corrected chi connectivity index (χ1v) is 12.1. The zero-order chi connectivity index (χ0) is 18.0. The molecule has 1 saturated heterocycles. The average Bonchev–Trinajstić information content (AvgIpc) is 2.46. The smallest absolute Gasteiger partial charge is 0.242 e. The van der Waals surface area contributed by atoms with Gasteiger partial charge in [0.1, 0.15) is 10.4 Å². The molecule has 1 aromatic heterocycles. The fourth-order valence-corrected chi connectivity index (χ4v) is 3.72. The van der Waals surface area contributed by atoms with Gasteiger partial charge in [0.2, 0.25) is 5.91 Å². The number of hydrogen-bond acceptors (Lipinski definition) is 4. The Labute approximate surface area is 154 Å². The van der Waals surface area contributed by atoms with E-state index in [1.165, 1.54) is 0 Å². The zero-order valence-corrected chi connectivity index (χ0v) is 17.9. The molecule has 1 aliphatic heterocycles. The molecule has 1 amide bonds. The van der Waals surface area contributed by atoms with E-state index in [0.29, 0.717) is 25.5 Å². The van der Waals surface area contributed by atoms with E-state index in [0.717, 1.165) is 17.7 Å². The topological polar surface area (TPSA) is 45.7 Å². The van der Waals surface area contributed by atoms with Crippen molar-refractivity contribution in [2.24, 2.45) is 0 Å². The van der Waals surface area contributed by atoms with Gasteiger partial charge in [-0.2, -0.15) is 0 Å². The molecule has 0 aromatic carbocycles. The summed E-state index contributed by atoms with van der Waals surface area (Å²) >= 11 is 3.36. The van der Waals surface area contributed by atoms with E-state index in [1.54, 1.807) is 4.90 Å². The molecule has 2 heterocycles. The number of carbonyl (C=O) groups excluding carboxylic acids is 1. The van der Waals surface area contributed by atoms with Crippen molar-refractivity contribution in [3.63, 3.8) is 0 Å². The van der Waals surface area contributed by atoms with E-state index in [-0.39, 0.29) is 10.9 Å². The van der Waals surface area contributed by atoms with E-state index >= 15 is 0 Å². The van der Waals surface area contributed by atoms with Crippen molar-refractivity contribution in [3.05, 3.63) is 22.8 Å². The Kier molecular flexibility index (Phi) is 6.22. The Morgan fingerprint density at radius 1 is 1.29 bits per heavy atom. The van der Waals surface area contributed by atoms with E-state index in [1.807, 2.05) is 18.2 Å². The highest BCUT2D eigenvalue weighted by Gasteiger charge is 2.37. The molecule has 0 atom stereocenters. The minimum atomic E-state index is -1.72. The standard InChI is InChI=1S/C17H28BrN3O2Si/c1-17(2,3)24(4,5)23-12-11-20-9-10-21(16(22)13-20)15-8-6-7-14(18)19-15/h6-8H,9-13H2,1-5H3. The first-order chi connectivity index (χ1) is 11.1. The summed E-state index contributed by atoms with van der Waals surface area (Å²) in [5, 5.41) is 0.216. The van der Waals surface area contributed by atoms with Gasteiger partial charge in [0.25, 0.3) is 0 Å². The Balaban J connectivity index is 1.85. The molecule has 24 heavy (non-hydrogen) atoms. The molecule has 5 nitrogen and oxygen atoms in total. The molecule has 0 radical (unpaired) electrons. The van der Waals surface area contributed by atoms with Crippen LogP contribution in [0.1, 0.15) is 20.8 Å². The van der Waals surface area contributed by atoms with Crippen LogP contribution in [0, 0.1) is 0 Å². The summed E-state index contributed by atoms with van der Waals surface area (Å²) in [7, 11) is -1.72. The largest absolute Gasteiger partial charge is 0.416 e. The number of amides is 1. The number of aromatic nitrogens is 1. The van der Waals surface area contributed by atoms with E-state index in [4.69, 9.17) is 4.43 Å². The molecule has 1 aliphatic rings. The number of anilines is 1. The van der Waals surface area contributed by atoms with Gasteiger partial charge in [0, 0.05) is 26.2 Å². The van der Waals surface area contributed by atoms with Crippen molar-refractivity contribution < 1.29 is 9.22 Å². The predicted molar refractivity (Wildman–Crippen MR) is 104 cm³/mol. The van der Waals surface area contributed by atoms with Crippen LogP contribution in [0.15, 0.2) is 22.8 Å². The minimum absolute atomic E-state index is 0.0965. The molecule has 1 fully saturated rings. The highest BCUT2D eigenvalue weighted by atomic mass is 79.9. The first kappa shape index (κ1) is 19.6. The average molecular weight is 414 g/mol. The third kappa shape index (κ3) is 4.88. The number of halogens is 1. The molecule has 2 rings (SSSR count). The second-order valence-corrected chi connectivity index (χ2v) is 13.4. The maximum atomic E-state index is 12.4. The van der Waals surface area contributed by atoms with Crippen molar-refractivity contribution in [2.75, 3.05) is 37.7 Å². The van der Waals surface area contributed by atoms with Gasteiger partial charge in [-0.1, -0.05) is 26.8 Å². The van der Waals surface area contributed by atoms with Crippen LogP contribution < -0.4 is 4.90 Å². The summed E-state index contributed by atoms with van der Waals surface area (Å²) < 4.78 is 6.96. The quantitative estimate of drug-likeness (QED) is 0.547. The van der Waals surface area contributed by atoms with Gasteiger partial charge in [-0.3, -0.25) is 14.6 Å². The Morgan fingerprint density at radius 3 is 2.58 bits per heavy atom. The van der Waals surface area contributed by atoms with Gasteiger partial charge in [-0.05, 0) is 46.2 Å². The molecular weight excluding hydrogens is 386 g/mol. The Bertz CT molecular complexity index is 589. The molecule has 7 heteroatoms. The second kappa shape index (κ2) is 7.64. The SMILES string of the molecule is CC(C)(C)[Si](C)(C)OCCN1CCN(c2cccc(Br)n2)C(=O)C1. The number of hydrogen-bond donors (Lipinski definition) is 0. The monoisotopic (exact) mass is 413 g/mol. The molecule has 0 bridgehead atoms. The van der Waals surface area contributed by atoms with Crippen molar-refractivity contribution in [1.82, 2.24) is 9.88 Å². The van der Waals surface area contributed by atoms with Crippen molar-refractivity contribution in [3.8, 4) is 0 Å². The lowest BCUT2D eigenvalue weighted by Gasteiger charge is -2.38. The van der Waals surface area contributed by atoms with Crippen LogP contribution in [0.25, 0.3) is 0 Å². The van der Waals surface area contributed by atoms with Crippen molar-refractivity contribution in [1.29, 1.82) is 0 Å².